The van der Waals surface area contributed by atoms with Crippen LogP contribution in [0.1, 0.15) is 5.56 Å². The zero-order valence-electron chi connectivity index (χ0n) is 19.1. The molecule has 0 unspecified atom stereocenters. The number of nitrogens with zero attached hydrogens (tertiary/aromatic N) is 4. The first-order chi connectivity index (χ1) is 18.0. The topological polar surface area (TPSA) is 136 Å². The molecule has 3 heterocycles. The number of nitrogens with one attached hydrogen (secondary N) is 2. The molecule has 0 spiro atoms. The van der Waals surface area contributed by atoms with E-state index in [1.54, 1.807) is 18.2 Å². The minimum absolute atomic E-state index is 0.0363. The Morgan fingerprint density at radius 3 is 2.51 bits per heavy atom. The van der Waals surface area contributed by atoms with Gasteiger partial charge in [-0.3, -0.25) is 24.7 Å². The Kier molecular flexibility index (Phi) is 6.51. The van der Waals surface area contributed by atoms with Gasteiger partial charge >= 0.3 is 0 Å². The highest BCUT2D eigenvalue weighted by Crippen LogP contribution is 2.28. The van der Waals surface area contributed by atoms with Gasteiger partial charge in [-0.1, -0.05) is 36.4 Å². The molecule has 0 aliphatic rings. The van der Waals surface area contributed by atoms with Crippen molar-refractivity contribution in [2.75, 3.05) is 5.32 Å². The Bertz CT molecular complexity index is 1660. The van der Waals surface area contributed by atoms with Crippen LogP contribution in [0.5, 0.6) is 0 Å². The number of hydrogen-bond acceptors (Lipinski definition) is 7. The Morgan fingerprint density at radius 1 is 1.03 bits per heavy atom. The number of anilines is 1. The lowest BCUT2D eigenvalue weighted by Crippen LogP contribution is -2.17. The second kappa shape index (κ2) is 10.2. The number of amides is 1. The molecule has 2 N–H and O–H groups in total. The van der Waals surface area contributed by atoms with Crippen LogP contribution >= 0.6 is 11.3 Å². The van der Waals surface area contributed by atoms with Crippen molar-refractivity contribution in [3.8, 4) is 27.8 Å². The zero-order valence-corrected chi connectivity index (χ0v) is 19.9. The SMILES string of the molecule is O=C(/C=C\c1ccc([N+](=O)[O-])cc1)Nc1cc(-c2cccs2)nn1-c1nc(-c2ccccc2)cc(=O)[nH]1. The normalized spacial score (nSPS) is 11.0. The van der Waals surface area contributed by atoms with Crippen LogP contribution in [0.15, 0.2) is 95.1 Å². The Morgan fingerprint density at radius 2 is 1.81 bits per heavy atom. The van der Waals surface area contributed by atoms with E-state index < -0.39 is 10.8 Å². The highest BCUT2D eigenvalue weighted by Gasteiger charge is 2.16. The molecule has 5 rings (SSSR count). The number of nitro groups is 1. The van der Waals surface area contributed by atoms with Crippen LogP contribution in [0, 0.1) is 10.1 Å². The summed E-state index contributed by atoms with van der Waals surface area (Å²) < 4.78 is 1.38. The van der Waals surface area contributed by atoms with Gasteiger partial charge in [0.2, 0.25) is 11.9 Å². The molecule has 1 amide bonds. The number of thiophene rings is 1. The summed E-state index contributed by atoms with van der Waals surface area (Å²) in [7, 11) is 0. The maximum atomic E-state index is 12.8. The highest BCUT2D eigenvalue weighted by molar-refractivity contribution is 7.13. The molecule has 0 saturated carbocycles. The summed E-state index contributed by atoms with van der Waals surface area (Å²) in [6.45, 7) is 0. The molecule has 0 bridgehead atoms. The van der Waals surface area contributed by atoms with E-state index in [4.69, 9.17) is 0 Å². The van der Waals surface area contributed by atoms with Gasteiger partial charge in [-0.25, -0.2) is 4.98 Å². The van der Waals surface area contributed by atoms with Crippen LogP contribution in [0.3, 0.4) is 0 Å². The van der Waals surface area contributed by atoms with Gasteiger partial charge in [0.1, 0.15) is 11.5 Å². The van der Waals surface area contributed by atoms with Crippen molar-refractivity contribution in [2.24, 2.45) is 0 Å². The molecule has 0 aliphatic carbocycles. The maximum absolute atomic E-state index is 12.8. The minimum atomic E-state index is -0.488. The fraction of sp³-hybridized carbons (Fsp3) is 0. The van der Waals surface area contributed by atoms with E-state index >= 15 is 0 Å². The van der Waals surface area contributed by atoms with Gasteiger partial charge in [-0.05, 0) is 35.2 Å². The molecule has 0 radical (unpaired) electrons. The molecule has 11 heteroatoms. The molecule has 0 fully saturated rings. The predicted octanol–water partition coefficient (Wildman–Crippen LogP) is 4.91. The van der Waals surface area contributed by atoms with Crippen molar-refractivity contribution in [1.82, 2.24) is 19.7 Å². The van der Waals surface area contributed by atoms with Gasteiger partial charge in [-0.15, -0.1) is 11.3 Å². The first-order valence-corrected chi connectivity index (χ1v) is 11.9. The average molecular weight is 511 g/mol. The number of carbonyl (C=O) groups is 1. The lowest BCUT2D eigenvalue weighted by Gasteiger charge is -2.08. The maximum Gasteiger partial charge on any atom is 0.269 e. The van der Waals surface area contributed by atoms with Crippen molar-refractivity contribution in [2.45, 2.75) is 0 Å². The standard InChI is InChI=1S/C26H18N6O4S/c33-24(13-10-17-8-11-19(12-9-17)32(35)36)28-23-15-21(22-7-4-14-37-22)30-31(23)26-27-20(16-25(34)29-26)18-5-2-1-3-6-18/h1-16H,(H,28,33)(H,27,29,34)/b13-10-. The third-order valence-electron chi connectivity index (χ3n) is 5.26. The van der Waals surface area contributed by atoms with Gasteiger partial charge in [0.15, 0.2) is 0 Å². The molecule has 0 atom stereocenters. The summed E-state index contributed by atoms with van der Waals surface area (Å²) in [6, 6.07) is 22.0. The van der Waals surface area contributed by atoms with Crippen LogP contribution in [0.4, 0.5) is 11.5 Å². The van der Waals surface area contributed by atoms with Crippen molar-refractivity contribution >= 4 is 34.8 Å². The molecule has 0 saturated heterocycles. The Balaban J connectivity index is 1.48. The average Bonchev–Trinajstić information content (AvgIpc) is 3.58. The van der Waals surface area contributed by atoms with Crippen molar-refractivity contribution < 1.29 is 9.72 Å². The molecule has 3 aromatic heterocycles. The van der Waals surface area contributed by atoms with Crippen LogP contribution < -0.4 is 10.9 Å². The Labute approximate surface area is 213 Å². The van der Waals surface area contributed by atoms with Gasteiger partial charge in [0, 0.05) is 35.9 Å². The molecule has 182 valence electrons. The summed E-state index contributed by atoms with van der Waals surface area (Å²) in [5.74, 6) is -0.0160. The van der Waals surface area contributed by atoms with Crippen LogP contribution in [0.25, 0.3) is 33.9 Å². The van der Waals surface area contributed by atoms with E-state index in [1.807, 2.05) is 47.8 Å². The van der Waals surface area contributed by atoms with Gasteiger partial charge in [-0.2, -0.15) is 9.78 Å². The molecular formula is C26H18N6O4S. The van der Waals surface area contributed by atoms with E-state index in [-0.39, 0.29) is 17.2 Å². The molecule has 10 nitrogen and oxygen atoms in total. The molecule has 5 aromatic rings. The lowest BCUT2D eigenvalue weighted by molar-refractivity contribution is -0.384. The number of aromatic amines is 1. The van der Waals surface area contributed by atoms with Crippen molar-refractivity contribution in [3.05, 3.63) is 116 Å². The van der Waals surface area contributed by atoms with E-state index in [1.165, 1.54) is 46.4 Å². The van der Waals surface area contributed by atoms with E-state index in [2.05, 4.69) is 20.4 Å². The fourth-order valence-corrected chi connectivity index (χ4v) is 4.21. The smallest absolute Gasteiger partial charge is 0.269 e. The summed E-state index contributed by atoms with van der Waals surface area (Å²) >= 11 is 1.48. The third-order valence-corrected chi connectivity index (χ3v) is 6.16. The molecule has 0 aliphatic heterocycles. The summed E-state index contributed by atoms with van der Waals surface area (Å²) in [6.07, 6.45) is 2.84. The first kappa shape index (κ1) is 23.6. The minimum Gasteiger partial charge on any atom is -0.307 e. The molecule has 2 aromatic carbocycles. The van der Waals surface area contributed by atoms with Crippen molar-refractivity contribution in [3.63, 3.8) is 0 Å². The number of rotatable bonds is 7. The van der Waals surface area contributed by atoms with Crippen LogP contribution in [0.2, 0.25) is 0 Å². The summed E-state index contributed by atoms with van der Waals surface area (Å²) in [4.78, 5) is 43.7. The quantitative estimate of drug-likeness (QED) is 0.181. The second-order valence-electron chi connectivity index (χ2n) is 7.80. The predicted molar refractivity (Wildman–Crippen MR) is 141 cm³/mol. The number of non-ortho nitro benzene ring substituents is 1. The van der Waals surface area contributed by atoms with E-state index in [0.29, 0.717) is 22.8 Å². The Hall–Kier alpha value is -5.16. The largest absolute Gasteiger partial charge is 0.307 e. The highest BCUT2D eigenvalue weighted by atomic mass is 32.1. The zero-order chi connectivity index (χ0) is 25.8. The van der Waals surface area contributed by atoms with Crippen LogP contribution in [-0.2, 0) is 4.79 Å². The summed E-state index contributed by atoms with van der Waals surface area (Å²) in [5.41, 5.74) is 2.03. The summed E-state index contributed by atoms with van der Waals surface area (Å²) in [5, 5.41) is 20.1. The molecular weight excluding hydrogens is 492 g/mol. The number of carbonyl (C=O) groups excluding carboxylic acids is 1. The lowest BCUT2D eigenvalue weighted by atomic mass is 10.1. The van der Waals surface area contributed by atoms with Crippen molar-refractivity contribution in [1.29, 1.82) is 0 Å². The van der Waals surface area contributed by atoms with Gasteiger partial charge in [0.05, 0.1) is 15.5 Å². The van der Waals surface area contributed by atoms with Gasteiger partial charge < -0.3 is 5.32 Å². The van der Waals surface area contributed by atoms with E-state index in [0.717, 1.165) is 10.4 Å². The third kappa shape index (κ3) is 5.41. The van der Waals surface area contributed by atoms with E-state index in [9.17, 15) is 19.7 Å². The number of nitro benzene ring substituents is 1. The monoisotopic (exact) mass is 510 g/mol. The number of aromatic nitrogens is 4. The number of hydrogen-bond donors (Lipinski definition) is 2. The number of benzene rings is 2. The van der Waals surface area contributed by atoms with Crippen LogP contribution in [-0.4, -0.2) is 30.6 Å². The fourth-order valence-electron chi connectivity index (χ4n) is 3.53. The number of H-pyrrole nitrogens is 1. The second-order valence-corrected chi connectivity index (χ2v) is 8.74. The first-order valence-electron chi connectivity index (χ1n) is 11.0. The van der Waals surface area contributed by atoms with Gasteiger partial charge in [0.25, 0.3) is 11.2 Å². The molecule has 37 heavy (non-hydrogen) atoms.